The quantitative estimate of drug-likeness (QED) is 0.445. The number of hydrogen-bond donors (Lipinski definition) is 1. The Hall–Kier alpha value is -4.01. The molecule has 0 saturated heterocycles. The summed E-state index contributed by atoms with van der Waals surface area (Å²) in [6.45, 7) is 5.29. The third-order valence-corrected chi connectivity index (χ3v) is 5.66. The molecule has 0 unspecified atom stereocenters. The van der Waals surface area contributed by atoms with Crippen LogP contribution in [-0.2, 0) is 10.2 Å². The molecule has 33 heavy (non-hydrogen) atoms. The van der Waals surface area contributed by atoms with Gasteiger partial charge in [0.05, 0.1) is 17.3 Å². The fraction of sp³-hybridized carbons (Fsp3) is 0.208. The topological polar surface area (TPSA) is 86.5 Å². The number of hydrogen-bond acceptors (Lipinski definition) is 6. The van der Waals surface area contributed by atoms with E-state index in [1.807, 2.05) is 31.2 Å². The van der Waals surface area contributed by atoms with Gasteiger partial charge in [-0.15, -0.1) is 8.78 Å². The Kier molecular flexibility index (Phi) is 4.59. The predicted octanol–water partition coefficient (Wildman–Crippen LogP) is 5.44. The summed E-state index contributed by atoms with van der Waals surface area (Å²) in [5.74, 6) is -0.190. The molecule has 5 rings (SSSR count). The fourth-order valence-corrected chi connectivity index (χ4v) is 3.64. The second-order valence-electron chi connectivity index (χ2n) is 8.35. The highest BCUT2D eigenvalue weighted by atomic mass is 19.3. The van der Waals surface area contributed by atoms with Gasteiger partial charge in [0.2, 0.25) is 5.91 Å². The molecule has 1 aliphatic heterocycles. The molecule has 1 amide bonds. The van der Waals surface area contributed by atoms with Gasteiger partial charge in [-0.1, -0.05) is 23.4 Å². The number of carbonyl (C=O) groups is 1. The summed E-state index contributed by atoms with van der Waals surface area (Å²) in [6, 6.07) is 13.5. The highest BCUT2D eigenvalue weighted by Crippen LogP contribution is 2.43. The molecular weight excluding hydrogens is 432 g/mol. The zero-order valence-electron chi connectivity index (χ0n) is 18.0. The number of aromatic nitrogens is 2. The van der Waals surface area contributed by atoms with Crippen molar-refractivity contribution in [2.45, 2.75) is 32.5 Å². The smallest absolute Gasteiger partial charge is 0.395 e. The van der Waals surface area contributed by atoms with Crippen LogP contribution in [-0.4, -0.2) is 22.3 Å². The van der Waals surface area contributed by atoms with Gasteiger partial charge in [-0.2, -0.15) is 0 Å². The van der Waals surface area contributed by atoms with Crippen molar-refractivity contribution in [1.29, 1.82) is 0 Å². The van der Waals surface area contributed by atoms with Crippen molar-refractivity contribution in [3.63, 3.8) is 0 Å². The highest BCUT2D eigenvalue weighted by molar-refractivity contribution is 5.98. The lowest BCUT2D eigenvalue weighted by atomic mass is 9.83. The number of nitrogens with zero attached hydrogens (tertiary/aromatic N) is 2. The monoisotopic (exact) mass is 451 g/mol. The zero-order valence-corrected chi connectivity index (χ0v) is 18.0. The highest BCUT2D eigenvalue weighted by Gasteiger charge is 2.44. The van der Waals surface area contributed by atoms with Crippen molar-refractivity contribution in [3.05, 3.63) is 65.9 Å². The van der Waals surface area contributed by atoms with Crippen molar-refractivity contribution < 1.29 is 27.6 Å². The molecule has 9 heteroatoms. The minimum Gasteiger partial charge on any atom is -0.395 e. The Bertz CT molecular complexity index is 1400. The van der Waals surface area contributed by atoms with E-state index in [9.17, 15) is 13.6 Å². The molecule has 0 fully saturated rings. The molecule has 0 radical (unpaired) electrons. The maximum Gasteiger partial charge on any atom is 0.586 e. The van der Waals surface area contributed by atoms with Gasteiger partial charge in [-0.3, -0.25) is 4.79 Å². The van der Waals surface area contributed by atoms with Crippen LogP contribution in [0.5, 0.6) is 11.5 Å². The number of pyridine rings is 1. The van der Waals surface area contributed by atoms with Crippen LogP contribution in [0.1, 0.15) is 25.0 Å². The molecule has 4 aromatic rings. The van der Waals surface area contributed by atoms with Crippen LogP contribution in [0.4, 0.5) is 14.6 Å². The molecule has 2 aromatic carbocycles. The maximum absolute atomic E-state index is 13.3. The summed E-state index contributed by atoms with van der Waals surface area (Å²) in [6.07, 6.45) is -2.08. The Morgan fingerprint density at radius 2 is 1.82 bits per heavy atom. The van der Waals surface area contributed by atoms with Gasteiger partial charge in [0.15, 0.2) is 17.1 Å². The van der Waals surface area contributed by atoms with Crippen LogP contribution in [0, 0.1) is 6.92 Å². The van der Waals surface area contributed by atoms with Gasteiger partial charge in [-0.25, -0.2) is 4.98 Å². The average Bonchev–Trinajstić information content (AvgIpc) is 3.35. The van der Waals surface area contributed by atoms with Crippen molar-refractivity contribution in [2.24, 2.45) is 0 Å². The number of fused-ring (bicyclic) bond motifs is 2. The molecule has 0 atom stereocenters. The third-order valence-electron chi connectivity index (χ3n) is 5.66. The average molecular weight is 451 g/mol. The summed E-state index contributed by atoms with van der Waals surface area (Å²) in [5.41, 5.74) is 2.49. The first-order valence-electron chi connectivity index (χ1n) is 10.2. The van der Waals surface area contributed by atoms with E-state index in [-0.39, 0.29) is 17.4 Å². The minimum atomic E-state index is -3.72. The van der Waals surface area contributed by atoms with Gasteiger partial charge < -0.3 is 19.3 Å². The van der Waals surface area contributed by atoms with Gasteiger partial charge in [0.1, 0.15) is 5.82 Å². The first kappa shape index (κ1) is 20.9. The Balaban J connectivity index is 1.41. The van der Waals surface area contributed by atoms with Gasteiger partial charge in [0.25, 0.3) is 0 Å². The van der Waals surface area contributed by atoms with Crippen LogP contribution >= 0.6 is 0 Å². The van der Waals surface area contributed by atoms with Gasteiger partial charge >= 0.3 is 6.29 Å². The van der Waals surface area contributed by atoms with E-state index in [1.165, 1.54) is 12.1 Å². The summed E-state index contributed by atoms with van der Waals surface area (Å²) in [7, 11) is 0. The lowest BCUT2D eigenvalue weighted by Crippen LogP contribution is -2.35. The number of anilines is 1. The van der Waals surface area contributed by atoms with Crippen LogP contribution in [0.3, 0.4) is 0 Å². The van der Waals surface area contributed by atoms with Crippen molar-refractivity contribution in [1.82, 2.24) is 10.1 Å². The number of ether oxygens (including phenoxy) is 2. The Morgan fingerprint density at radius 1 is 1.03 bits per heavy atom. The predicted molar refractivity (Wildman–Crippen MR) is 116 cm³/mol. The lowest BCUT2D eigenvalue weighted by molar-refractivity contribution is -0.286. The SMILES string of the molecule is Cc1ccc(NC(=O)C(C)(C)c2ccc3c(c2)OC(F)(F)O3)nc1-c1ccc2cnoc2c1. The Labute approximate surface area is 187 Å². The van der Waals surface area contributed by atoms with E-state index >= 15 is 0 Å². The van der Waals surface area contributed by atoms with E-state index in [0.717, 1.165) is 16.5 Å². The van der Waals surface area contributed by atoms with E-state index in [1.54, 1.807) is 32.2 Å². The lowest BCUT2D eigenvalue weighted by Gasteiger charge is -2.24. The number of aryl methyl sites for hydroxylation is 1. The summed E-state index contributed by atoms with van der Waals surface area (Å²) in [4.78, 5) is 17.8. The van der Waals surface area contributed by atoms with Crippen LogP contribution in [0.2, 0.25) is 0 Å². The van der Waals surface area contributed by atoms with E-state index in [2.05, 4.69) is 24.9 Å². The number of halogens is 2. The summed E-state index contributed by atoms with van der Waals surface area (Å²) >= 11 is 0. The molecule has 0 spiro atoms. The maximum atomic E-state index is 13.3. The third kappa shape index (κ3) is 3.75. The number of benzene rings is 2. The van der Waals surface area contributed by atoms with Crippen LogP contribution in [0.15, 0.2) is 59.3 Å². The van der Waals surface area contributed by atoms with E-state index in [0.29, 0.717) is 22.7 Å². The normalized spacial score (nSPS) is 14.5. The summed E-state index contributed by atoms with van der Waals surface area (Å²) < 4.78 is 40.9. The van der Waals surface area contributed by atoms with Crippen molar-refractivity contribution in [2.75, 3.05) is 5.32 Å². The molecule has 3 heterocycles. The minimum absolute atomic E-state index is 0.0754. The van der Waals surface area contributed by atoms with Crippen LogP contribution in [0.25, 0.3) is 22.2 Å². The molecule has 1 aliphatic rings. The van der Waals surface area contributed by atoms with Crippen molar-refractivity contribution >= 4 is 22.7 Å². The largest absolute Gasteiger partial charge is 0.586 e. The number of amides is 1. The van der Waals surface area contributed by atoms with Gasteiger partial charge in [0, 0.05) is 10.9 Å². The molecule has 2 aromatic heterocycles. The summed E-state index contributed by atoms with van der Waals surface area (Å²) in [5, 5.41) is 7.50. The molecule has 7 nitrogen and oxygen atoms in total. The first-order chi connectivity index (χ1) is 15.6. The molecule has 1 N–H and O–H groups in total. The second-order valence-corrected chi connectivity index (χ2v) is 8.35. The number of alkyl halides is 2. The zero-order chi connectivity index (χ0) is 23.4. The first-order valence-corrected chi connectivity index (χ1v) is 10.2. The van der Waals surface area contributed by atoms with Crippen LogP contribution < -0.4 is 14.8 Å². The fourth-order valence-electron chi connectivity index (χ4n) is 3.64. The second kappa shape index (κ2) is 7.26. The standard InChI is InChI=1S/C24H19F2N3O4/c1-13-4-9-20(28-21(13)14-5-6-15-12-27-33-18(15)10-14)29-22(30)23(2,3)16-7-8-17-19(11-16)32-24(25,26)31-17/h4-12H,1-3H3,(H,28,29,30). The molecular formula is C24H19F2N3O4. The number of nitrogens with one attached hydrogen (secondary N) is 1. The van der Waals surface area contributed by atoms with Gasteiger partial charge in [-0.05, 0) is 62.2 Å². The Morgan fingerprint density at radius 3 is 2.64 bits per heavy atom. The number of carbonyl (C=O) groups excluding carboxylic acids is 1. The van der Waals surface area contributed by atoms with Crippen molar-refractivity contribution in [3.8, 4) is 22.8 Å². The van der Waals surface area contributed by atoms with E-state index < -0.39 is 11.7 Å². The number of rotatable bonds is 4. The molecule has 0 bridgehead atoms. The molecule has 168 valence electrons. The molecule has 0 saturated carbocycles. The molecule has 0 aliphatic carbocycles. The van der Waals surface area contributed by atoms with E-state index in [4.69, 9.17) is 4.52 Å².